The SMILES string of the molecule is Cc1cc(C)n(-c2ccc(C(=O)NC3CCOCC3)cn2)n1. The van der Waals surface area contributed by atoms with Gasteiger partial charge in [-0.1, -0.05) is 0 Å². The smallest absolute Gasteiger partial charge is 0.253 e. The van der Waals surface area contributed by atoms with E-state index in [-0.39, 0.29) is 11.9 Å². The van der Waals surface area contributed by atoms with Crippen LogP contribution in [0.2, 0.25) is 0 Å². The van der Waals surface area contributed by atoms with E-state index in [0.29, 0.717) is 24.6 Å². The van der Waals surface area contributed by atoms with Crippen molar-refractivity contribution < 1.29 is 9.53 Å². The average molecular weight is 300 g/mol. The second-order valence-electron chi connectivity index (χ2n) is 5.60. The lowest BCUT2D eigenvalue weighted by Crippen LogP contribution is -2.38. The first-order valence-electron chi connectivity index (χ1n) is 7.52. The van der Waals surface area contributed by atoms with Crippen molar-refractivity contribution in [2.45, 2.75) is 32.7 Å². The van der Waals surface area contributed by atoms with Gasteiger partial charge in [0.25, 0.3) is 5.91 Å². The highest BCUT2D eigenvalue weighted by atomic mass is 16.5. The molecular formula is C16H20N4O2. The number of hydrogen-bond acceptors (Lipinski definition) is 4. The van der Waals surface area contributed by atoms with Gasteiger partial charge in [0.1, 0.15) is 0 Å². The Morgan fingerprint density at radius 3 is 2.68 bits per heavy atom. The number of aryl methyl sites for hydroxylation is 2. The quantitative estimate of drug-likeness (QED) is 0.938. The van der Waals surface area contributed by atoms with Gasteiger partial charge in [0, 0.05) is 31.1 Å². The molecule has 0 saturated carbocycles. The summed E-state index contributed by atoms with van der Waals surface area (Å²) in [5.41, 5.74) is 2.53. The summed E-state index contributed by atoms with van der Waals surface area (Å²) in [6, 6.07) is 5.79. The molecular weight excluding hydrogens is 280 g/mol. The van der Waals surface area contributed by atoms with Crippen LogP contribution >= 0.6 is 0 Å². The summed E-state index contributed by atoms with van der Waals surface area (Å²) in [5.74, 6) is 0.632. The summed E-state index contributed by atoms with van der Waals surface area (Å²) in [7, 11) is 0. The standard InChI is InChI=1S/C16H20N4O2/c1-11-9-12(2)20(19-11)15-4-3-13(10-17-15)16(21)18-14-5-7-22-8-6-14/h3-4,9-10,14H,5-8H2,1-2H3,(H,18,21). The van der Waals surface area contributed by atoms with E-state index >= 15 is 0 Å². The van der Waals surface area contributed by atoms with Crippen LogP contribution in [0.15, 0.2) is 24.4 Å². The van der Waals surface area contributed by atoms with Crippen LogP contribution in [0.5, 0.6) is 0 Å². The first-order valence-corrected chi connectivity index (χ1v) is 7.52. The average Bonchev–Trinajstić information content (AvgIpc) is 2.87. The third-order valence-electron chi connectivity index (χ3n) is 3.79. The molecule has 0 bridgehead atoms. The first-order chi connectivity index (χ1) is 10.6. The zero-order chi connectivity index (χ0) is 15.5. The largest absolute Gasteiger partial charge is 0.381 e. The molecule has 0 atom stereocenters. The van der Waals surface area contributed by atoms with Gasteiger partial charge in [-0.05, 0) is 44.9 Å². The van der Waals surface area contributed by atoms with Crippen molar-refractivity contribution >= 4 is 5.91 Å². The van der Waals surface area contributed by atoms with Gasteiger partial charge in [-0.3, -0.25) is 4.79 Å². The van der Waals surface area contributed by atoms with E-state index in [9.17, 15) is 4.79 Å². The van der Waals surface area contributed by atoms with Crippen molar-refractivity contribution in [3.8, 4) is 5.82 Å². The van der Waals surface area contributed by atoms with Gasteiger partial charge in [-0.2, -0.15) is 5.10 Å². The summed E-state index contributed by atoms with van der Waals surface area (Å²) in [5, 5.41) is 7.42. The molecule has 22 heavy (non-hydrogen) atoms. The molecule has 6 nitrogen and oxygen atoms in total. The predicted molar refractivity (Wildman–Crippen MR) is 82.1 cm³/mol. The van der Waals surface area contributed by atoms with Gasteiger partial charge >= 0.3 is 0 Å². The van der Waals surface area contributed by atoms with Gasteiger partial charge in [0.15, 0.2) is 5.82 Å². The fourth-order valence-corrected chi connectivity index (χ4v) is 2.62. The number of ether oxygens (including phenoxy) is 1. The number of nitrogens with zero attached hydrogens (tertiary/aromatic N) is 3. The van der Waals surface area contributed by atoms with Gasteiger partial charge < -0.3 is 10.1 Å². The molecule has 1 saturated heterocycles. The van der Waals surface area contributed by atoms with Gasteiger partial charge in [-0.15, -0.1) is 0 Å². The second-order valence-corrected chi connectivity index (χ2v) is 5.60. The van der Waals surface area contributed by atoms with E-state index < -0.39 is 0 Å². The minimum absolute atomic E-state index is 0.0840. The lowest BCUT2D eigenvalue weighted by molar-refractivity contribution is 0.0696. The number of amides is 1. The van der Waals surface area contributed by atoms with E-state index in [4.69, 9.17) is 4.74 Å². The Hall–Kier alpha value is -2.21. The van der Waals surface area contributed by atoms with Crippen LogP contribution in [-0.4, -0.2) is 39.9 Å². The van der Waals surface area contributed by atoms with Crippen LogP contribution in [0.3, 0.4) is 0 Å². The normalized spacial score (nSPS) is 15.7. The van der Waals surface area contributed by atoms with Crippen molar-refractivity contribution in [1.82, 2.24) is 20.1 Å². The fraction of sp³-hybridized carbons (Fsp3) is 0.438. The lowest BCUT2D eigenvalue weighted by atomic mass is 10.1. The summed E-state index contributed by atoms with van der Waals surface area (Å²) in [6.07, 6.45) is 3.33. The monoisotopic (exact) mass is 300 g/mol. The molecule has 0 spiro atoms. The molecule has 0 radical (unpaired) electrons. The molecule has 0 aromatic carbocycles. The number of pyridine rings is 1. The highest BCUT2D eigenvalue weighted by Crippen LogP contribution is 2.11. The van der Waals surface area contributed by atoms with Crippen LogP contribution in [0.1, 0.15) is 34.6 Å². The molecule has 2 aromatic heterocycles. The number of aromatic nitrogens is 3. The van der Waals surface area contributed by atoms with Crippen LogP contribution in [0.25, 0.3) is 5.82 Å². The Bertz CT molecular complexity index is 657. The Labute approximate surface area is 129 Å². The number of carbonyl (C=O) groups excluding carboxylic acids is 1. The maximum atomic E-state index is 12.2. The van der Waals surface area contributed by atoms with E-state index in [2.05, 4.69) is 15.4 Å². The highest BCUT2D eigenvalue weighted by Gasteiger charge is 2.17. The molecule has 1 amide bonds. The minimum atomic E-state index is -0.0840. The van der Waals surface area contributed by atoms with Gasteiger partial charge in [0.05, 0.1) is 11.3 Å². The Balaban J connectivity index is 1.70. The van der Waals surface area contributed by atoms with Crippen molar-refractivity contribution in [3.63, 3.8) is 0 Å². The summed E-state index contributed by atoms with van der Waals surface area (Å²) in [4.78, 5) is 16.6. The van der Waals surface area contributed by atoms with Crippen LogP contribution in [0, 0.1) is 13.8 Å². The van der Waals surface area contributed by atoms with Crippen LogP contribution in [0.4, 0.5) is 0 Å². The third-order valence-corrected chi connectivity index (χ3v) is 3.79. The summed E-state index contributed by atoms with van der Waals surface area (Å²) in [6.45, 7) is 5.34. The van der Waals surface area contributed by atoms with Crippen molar-refractivity contribution in [2.24, 2.45) is 0 Å². The molecule has 0 aliphatic carbocycles. The van der Waals surface area contributed by atoms with Crippen molar-refractivity contribution in [2.75, 3.05) is 13.2 Å². The third kappa shape index (κ3) is 3.17. The van der Waals surface area contributed by atoms with E-state index in [0.717, 1.165) is 24.2 Å². The summed E-state index contributed by atoms with van der Waals surface area (Å²) < 4.78 is 7.06. The van der Waals surface area contributed by atoms with Crippen LogP contribution < -0.4 is 5.32 Å². The van der Waals surface area contributed by atoms with Crippen molar-refractivity contribution in [3.05, 3.63) is 41.3 Å². The zero-order valence-electron chi connectivity index (χ0n) is 12.9. The number of rotatable bonds is 3. The van der Waals surface area contributed by atoms with E-state index in [1.54, 1.807) is 16.9 Å². The molecule has 116 valence electrons. The lowest BCUT2D eigenvalue weighted by Gasteiger charge is -2.23. The Morgan fingerprint density at radius 1 is 1.32 bits per heavy atom. The molecule has 3 heterocycles. The number of carbonyl (C=O) groups is 1. The van der Waals surface area contributed by atoms with Gasteiger partial charge in [0.2, 0.25) is 0 Å². The number of hydrogen-bond donors (Lipinski definition) is 1. The molecule has 1 N–H and O–H groups in total. The zero-order valence-corrected chi connectivity index (χ0v) is 12.9. The molecule has 1 fully saturated rings. The van der Waals surface area contributed by atoms with E-state index in [1.807, 2.05) is 26.0 Å². The maximum Gasteiger partial charge on any atom is 0.253 e. The first kappa shape index (κ1) is 14.7. The molecule has 2 aromatic rings. The molecule has 1 aliphatic rings. The Morgan fingerprint density at radius 2 is 2.09 bits per heavy atom. The molecule has 1 aliphatic heterocycles. The summed E-state index contributed by atoms with van der Waals surface area (Å²) >= 11 is 0. The Kier molecular flexibility index (Phi) is 4.20. The van der Waals surface area contributed by atoms with Crippen molar-refractivity contribution in [1.29, 1.82) is 0 Å². The maximum absolute atomic E-state index is 12.2. The topological polar surface area (TPSA) is 69.0 Å². The fourth-order valence-electron chi connectivity index (χ4n) is 2.62. The molecule has 3 rings (SSSR count). The molecule has 6 heteroatoms. The second kappa shape index (κ2) is 6.27. The molecule has 0 unspecified atom stereocenters. The predicted octanol–water partition coefficient (Wildman–Crippen LogP) is 1.79. The van der Waals surface area contributed by atoms with Gasteiger partial charge in [-0.25, -0.2) is 9.67 Å². The van der Waals surface area contributed by atoms with Crippen LogP contribution in [-0.2, 0) is 4.74 Å². The minimum Gasteiger partial charge on any atom is -0.381 e. The number of nitrogens with one attached hydrogen (secondary N) is 1. The van der Waals surface area contributed by atoms with E-state index in [1.165, 1.54) is 0 Å². The highest BCUT2D eigenvalue weighted by molar-refractivity contribution is 5.94.